The van der Waals surface area contributed by atoms with Crippen molar-refractivity contribution in [3.8, 4) is 0 Å². The number of nitrogens with zero attached hydrogens (tertiary/aromatic N) is 4. The maximum Gasteiger partial charge on any atom is 0.408 e. The van der Waals surface area contributed by atoms with Gasteiger partial charge in [-0.1, -0.05) is 12.5 Å². The fraction of sp³-hybridized carbons (Fsp3) is 0.634. The standard InChI is InChI=1S/C41H62N8O10/c1-41(2,3)59-39(57)45-29(25-51)23-48(21-20-30-14-17-33(46(30)5)38(56)44-28(24-50)13-18-35(42)53)37(55)11-9-7-8-10-27-12-16-32-34(22-27)47(6)40(58)49(32)31(26-52)15-19-36(54)43-4/h12,16,22,24-26,28-31,33H,7-11,13-15,17-21,23H2,1-6H3,(H2,42,53)(H,43,54)(H,44,56)(H,45,57). The van der Waals surface area contributed by atoms with Gasteiger partial charge in [0.2, 0.25) is 23.6 Å². The van der Waals surface area contributed by atoms with Gasteiger partial charge in [0, 0.05) is 52.5 Å². The largest absolute Gasteiger partial charge is 0.444 e. The molecule has 18 heteroatoms. The van der Waals surface area contributed by atoms with E-state index in [2.05, 4.69) is 16.0 Å². The summed E-state index contributed by atoms with van der Waals surface area (Å²) in [5.41, 5.74) is 6.30. The van der Waals surface area contributed by atoms with Crippen LogP contribution in [-0.2, 0) is 51.8 Å². The Hall–Kier alpha value is -5.39. The molecule has 0 saturated carbocycles. The van der Waals surface area contributed by atoms with Crippen LogP contribution >= 0.6 is 0 Å². The number of amides is 5. The third-order valence-corrected chi connectivity index (χ3v) is 10.7. The number of hydrogen-bond acceptors (Lipinski definition) is 11. The summed E-state index contributed by atoms with van der Waals surface area (Å²) in [5.74, 6) is -1.32. The molecule has 5 N–H and O–H groups in total. The summed E-state index contributed by atoms with van der Waals surface area (Å²) in [6.45, 7) is 5.28. The van der Waals surface area contributed by atoms with E-state index in [1.165, 1.54) is 16.2 Å². The van der Waals surface area contributed by atoms with Crippen LogP contribution in [0, 0.1) is 0 Å². The molecular weight excluding hydrogens is 764 g/mol. The summed E-state index contributed by atoms with van der Waals surface area (Å²) in [6, 6.07) is 2.38. The number of imidazole rings is 1. The van der Waals surface area contributed by atoms with Crippen LogP contribution < -0.4 is 27.4 Å². The highest BCUT2D eigenvalue weighted by atomic mass is 16.6. The van der Waals surface area contributed by atoms with E-state index >= 15 is 0 Å². The van der Waals surface area contributed by atoms with Crippen LogP contribution in [0.2, 0.25) is 0 Å². The molecule has 0 bridgehead atoms. The number of rotatable bonds is 24. The second-order valence-corrected chi connectivity index (χ2v) is 16.2. The molecule has 1 aromatic heterocycles. The minimum atomic E-state index is -1.02. The normalized spacial score (nSPS) is 17.1. The van der Waals surface area contributed by atoms with Gasteiger partial charge >= 0.3 is 11.8 Å². The van der Waals surface area contributed by atoms with Crippen molar-refractivity contribution in [2.45, 2.75) is 134 Å². The lowest BCUT2D eigenvalue weighted by Gasteiger charge is -2.30. The molecular formula is C41H62N8O10. The number of primary amides is 1. The van der Waals surface area contributed by atoms with E-state index in [1.807, 2.05) is 23.1 Å². The van der Waals surface area contributed by atoms with Crippen LogP contribution in [0.5, 0.6) is 0 Å². The van der Waals surface area contributed by atoms with Crippen molar-refractivity contribution in [3.05, 3.63) is 34.2 Å². The second-order valence-electron chi connectivity index (χ2n) is 16.2. The van der Waals surface area contributed by atoms with Gasteiger partial charge in [0.05, 0.1) is 29.2 Å². The van der Waals surface area contributed by atoms with Crippen molar-refractivity contribution in [1.29, 1.82) is 0 Å². The number of likely N-dealkylation sites (tertiary alicyclic amines) is 1. The van der Waals surface area contributed by atoms with Crippen molar-refractivity contribution in [3.63, 3.8) is 0 Å². The lowest BCUT2D eigenvalue weighted by atomic mass is 10.0. The van der Waals surface area contributed by atoms with E-state index < -0.39 is 41.8 Å². The molecule has 5 amide bonds. The Bertz CT molecular complexity index is 1870. The van der Waals surface area contributed by atoms with Gasteiger partial charge < -0.3 is 45.7 Å². The third kappa shape index (κ3) is 14.4. The molecule has 18 nitrogen and oxygen atoms in total. The first kappa shape index (κ1) is 48.0. The lowest BCUT2D eigenvalue weighted by molar-refractivity contribution is -0.132. The van der Waals surface area contributed by atoms with Crippen LogP contribution in [0.3, 0.4) is 0 Å². The van der Waals surface area contributed by atoms with Crippen molar-refractivity contribution in [2.75, 3.05) is 27.2 Å². The smallest absolute Gasteiger partial charge is 0.408 e. The maximum absolute atomic E-state index is 13.7. The van der Waals surface area contributed by atoms with E-state index in [0.29, 0.717) is 68.4 Å². The molecule has 3 rings (SSSR count). The zero-order valence-corrected chi connectivity index (χ0v) is 35.2. The number of alkyl carbamates (subject to hydrolysis) is 1. The number of nitrogens with two attached hydrogens (primary N) is 1. The minimum absolute atomic E-state index is 0.0372. The van der Waals surface area contributed by atoms with E-state index in [-0.39, 0.29) is 74.6 Å². The fourth-order valence-electron chi connectivity index (χ4n) is 7.36. The number of nitrogens with one attached hydrogen (secondary N) is 3. The topological polar surface area (TPSA) is 241 Å². The first-order valence-corrected chi connectivity index (χ1v) is 20.3. The molecule has 0 radical (unpaired) electrons. The van der Waals surface area contributed by atoms with Gasteiger partial charge in [-0.05, 0) is 96.9 Å². The monoisotopic (exact) mass is 826 g/mol. The molecule has 5 atom stereocenters. The highest BCUT2D eigenvalue weighted by Gasteiger charge is 2.36. The summed E-state index contributed by atoms with van der Waals surface area (Å²) in [5, 5.41) is 7.76. The summed E-state index contributed by atoms with van der Waals surface area (Å²) < 4.78 is 8.23. The fourth-order valence-corrected chi connectivity index (χ4v) is 7.36. The number of aromatic nitrogens is 2. The number of fused-ring (bicyclic) bond motifs is 1. The van der Waals surface area contributed by atoms with Crippen LogP contribution in [-0.4, -0.2) is 124 Å². The van der Waals surface area contributed by atoms with Gasteiger partial charge in [0.15, 0.2) is 0 Å². The third-order valence-electron chi connectivity index (χ3n) is 10.7. The van der Waals surface area contributed by atoms with Gasteiger partial charge in [0.1, 0.15) is 30.5 Å². The Morgan fingerprint density at radius 2 is 1.63 bits per heavy atom. The Labute approximate surface area is 344 Å². The quantitative estimate of drug-likeness (QED) is 0.0872. The average Bonchev–Trinajstić information content (AvgIpc) is 3.68. The van der Waals surface area contributed by atoms with E-state index in [4.69, 9.17) is 10.5 Å². The van der Waals surface area contributed by atoms with Crippen LogP contribution in [0.15, 0.2) is 23.0 Å². The lowest BCUT2D eigenvalue weighted by Crippen LogP contribution is -2.50. The number of aryl methyl sites for hydroxylation is 2. The SMILES string of the molecule is CNC(=O)CCC(C=O)n1c(=O)n(C)c2cc(CCCCCC(=O)N(CCC3CCC(C(=O)NC(C=O)CCC(N)=O)N3C)CC(C=O)NC(=O)OC(C)(C)C)ccc21. The van der Waals surface area contributed by atoms with Gasteiger partial charge in [-0.3, -0.25) is 33.2 Å². The van der Waals surface area contributed by atoms with Crippen LogP contribution in [0.1, 0.15) is 103 Å². The molecule has 0 aliphatic carbocycles. The molecule has 1 aliphatic heterocycles. The number of benzene rings is 1. The van der Waals surface area contributed by atoms with Gasteiger partial charge in [0.25, 0.3) is 0 Å². The van der Waals surface area contributed by atoms with Crippen LogP contribution in [0.25, 0.3) is 11.0 Å². The first-order chi connectivity index (χ1) is 27.9. The Morgan fingerprint density at radius 3 is 2.25 bits per heavy atom. The number of ether oxygens (including phenoxy) is 1. The van der Waals surface area contributed by atoms with Crippen molar-refractivity contribution in [2.24, 2.45) is 12.8 Å². The molecule has 1 fully saturated rings. The number of carbonyl (C=O) groups is 8. The highest BCUT2D eigenvalue weighted by molar-refractivity contribution is 5.85. The van der Waals surface area contributed by atoms with Crippen LogP contribution in [0.4, 0.5) is 4.79 Å². The van der Waals surface area contributed by atoms with Gasteiger partial charge in [-0.25, -0.2) is 9.59 Å². The molecule has 2 heterocycles. The number of hydrogen-bond donors (Lipinski definition) is 4. The Kier molecular flexibility index (Phi) is 18.4. The zero-order valence-electron chi connectivity index (χ0n) is 35.2. The molecule has 1 aliphatic rings. The predicted octanol–water partition coefficient (Wildman–Crippen LogP) is 1.43. The first-order valence-electron chi connectivity index (χ1n) is 20.3. The van der Waals surface area contributed by atoms with E-state index in [1.54, 1.807) is 39.8 Å². The highest BCUT2D eigenvalue weighted by Crippen LogP contribution is 2.26. The summed E-state index contributed by atoms with van der Waals surface area (Å²) >= 11 is 0. The molecule has 5 unspecified atom stereocenters. The minimum Gasteiger partial charge on any atom is -0.444 e. The number of carbonyl (C=O) groups excluding carboxylic acids is 8. The van der Waals surface area contributed by atoms with E-state index in [0.717, 1.165) is 12.0 Å². The van der Waals surface area contributed by atoms with Gasteiger partial charge in [-0.15, -0.1) is 0 Å². The maximum atomic E-state index is 13.7. The van der Waals surface area contributed by atoms with E-state index in [9.17, 15) is 43.2 Å². The molecule has 326 valence electrons. The molecule has 2 aromatic rings. The van der Waals surface area contributed by atoms with Gasteiger partial charge in [-0.2, -0.15) is 0 Å². The zero-order chi connectivity index (χ0) is 43.9. The Morgan fingerprint density at radius 1 is 0.915 bits per heavy atom. The van der Waals surface area contributed by atoms with Crippen molar-refractivity contribution < 1.29 is 43.1 Å². The number of likely N-dealkylation sites (N-methyl/N-ethyl adjacent to an activating group) is 1. The average molecular weight is 827 g/mol. The molecule has 59 heavy (non-hydrogen) atoms. The molecule has 1 saturated heterocycles. The summed E-state index contributed by atoms with van der Waals surface area (Å²) in [7, 11) is 4.96. The number of aldehydes is 3. The molecule has 0 spiro atoms. The summed E-state index contributed by atoms with van der Waals surface area (Å²) in [4.78, 5) is 114. The summed E-state index contributed by atoms with van der Waals surface area (Å²) in [6.07, 6.45) is 5.96. The molecule has 1 aromatic carbocycles. The second kappa shape index (κ2) is 22.7. The van der Waals surface area contributed by atoms with Crippen molar-refractivity contribution in [1.82, 2.24) is 34.9 Å². The Balaban J connectivity index is 1.63. The number of unbranched alkanes of at least 4 members (excludes halogenated alkanes) is 2. The predicted molar refractivity (Wildman–Crippen MR) is 219 cm³/mol. The van der Waals surface area contributed by atoms with Crippen molar-refractivity contribution >= 4 is 59.6 Å².